The normalized spacial score (nSPS) is 17.6. The number of piperidine rings is 1. The SMILES string of the molecule is CCOC(=O)N1C/C(=C\c2ccccc2)C(=O)/C(=C/c2ccccc2)C1. The van der Waals surface area contributed by atoms with Gasteiger partial charge in [-0.25, -0.2) is 4.79 Å². The van der Waals surface area contributed by atoms with Gasteiger partial charge < -0.3 is 4.74 Å². The largest absolute Gasteiger partial charge is 0.450 e. The van der Waals surface area contributed by atoms with Crippen molar-refractivity contribution in [1.29, 1.82) is 0 Å². The fraction of sp³-hybridized carbons (Fsp3) is 0.182. The number of carbonyl (C=O) groups is 2. The summed E-state index contributed by atoms with van der Waals surface area (Å²) in [6.07, 6.45) is 3.27. The number of ketones is 1. The molecule has 0 saturated carbocycles. The van der Waals surface area contributed by atoms with E-state index >= 15 is 0 Å². The molecule has 1 saturated heterocycles. The minimum absolute atomic E-state index is 0.0294. The van der Waals surface area contributed by atoms with Crippen LogP contribution in [0, 0.1) is 0 Å². The molecule has 4 heteroatoms. The van der Waals surface area contributed by atoms with Crippen LogP contribution in [0.15, 0.2) is 71.8 Å². The number of nitrogens with zero attached hydrogens (tertiary/aromatic N) is 1. The van der Waals surface area contributed by atoms with Crippen molar-refractivity contribution in [3.8, 4) is 0 Å². The average molecular weight is 347 g/mol. The van der Waals surface area contributed by atoms with E-state index in [9.17, 15) is 9.59 Å². The predicted octanol–water partition coefficient (Wildman–Crippen LogP) is 4.19. The molecule has 3 rings (SSSR count). The third-order valence-electron chi connectivity index (χ3n) is 4.11. The molecule has 0 radical (unpaired) electrons. The molecule has 26 heavy (non-hydrogen) atoms. The second-order valence-electron chi connectivity index (χ2n) is 6.04. The van der Waals surface area contributed by atoms with Gasteiger partial charge in [0.1, 0.15) is 0 Å². The maximum absolute atomic E-state index is 12.9. The van der Waals surface area contributed by atoms with Crippen LogP contribution in [0.2, 0.25) is 0 Å². The predicted molar refractivity (Wildman–Crippen MR) is 102 cm³/mol. The van der Waals surface area contributed by atoms with Crippen LogP contribution in [0.4, 0.5) is 4.79 Å². The summed E-state index contributed by atoms with van der Waals surface area (Å²) in [5.74, 6) is -0.0294. The van der Waals surface area contributed by atoms with Gasteiger partial charge in [0, 0.05) is 11.1 Å². The second-order valence-corrected chi connectivity index (χ2v) is 6.04. The summed E-state index contributed by atoms with van der Waals surface area (Å²) in [5.41, 5.74) is 3.02. The molecule has 0 bridgehead atoms. The van der Waals surface area contributed by atoms with Crippen LogP contribution in [0.5, 0.6) is 0 Å². The smallest absolute Gasteiger partial charge is 0.410 e. The first-order valence-electron chi connectivity index (χ1n) is 8.65. The van der Waals surface area contributed by atoms with Gasteiger partial charge in [0.2, 0.25) is 0 Å². The zero-order chi connectivity index (χ0) is 18.4. The first-order chi connectivity index (χ1) is 12.7. The Hall–Kier alpha value is -3.14. The third kappa shape index (κ3) is 4.28. The minimum atomic E-state index is -0.405. The molecule has 0 unspecified atom stereocenters. The highest BCUT2D eigenvalue weighted by molar-refractivity contribution is 6.15. The van der Waals surface area contributed by atoms with Gasteiger partial charge in [0.15, 0.2) is 5.78 Å². The van der Waals surface area contributed by atoms with Gasteiger partial charge in [-0.1, -0.05) is 60.7 Å². The lowest BCUT2D eigenvalue weighted by atomic mass is 9.94. The molecule has 0 atom stereocenters. The molecule has 1 aliphatic rings. The zero-order valence-corrected chi connectivity index (χ0v) is 14.7. The molecule has 1 aliphatic heterocycles. The Kier molecular flexibility index (Phi) is 5.64. The Morgan fingerprint density at radius 2 is 1.38 bits per heavy atom. The number of ether oxygens (including phenoxy) is 1. The molecule has 0 spiro atoms. The van der Waals surface area contributed by atoms with E-state index in [1.54, 1.807) is 11.8 Å². The Morgan fingerprint density at radius 3 is 1.81 bits per heavy atom. The first-order valence-corrected chi connectivity index (χ1v) is 8.65. The average Bonchev–Trinajstić information content (AvgIpc) is 2.66. The highest BCUT2D eigenvalue weighted by atomic mass is 16.6. The number of likely N-dealkylation sites (tertiary alicyclic amines) is 1. The summed E-state index contributed by atoms with van der Waals surface area (Å²) in [6, 6.07) is 19.3. The van der Waals surface area contributed by atoms with Gasteiger partial charge in [-0.3, -0.25) is 9.69 Å². The summed E-state index contributed by atoms with van der Waals surface area (Å²) >= 11 is 0. The summed E-state index contributed by atoms with van der Waals surface area (Å²) in [7, 11) is 0. The second kappa shape index (κ2) is 8.30. The van der Waals surface area contributed by atoms with Crippen LogP contribution in [0.1, 0.15) is 18.1 Å². The van der Waals surface area contributed by atoms with E-state index < -0.39 is 6.09 Å². The van der Waals surface area contributed by atoms with Gasteiger partial charge in [-0.2, -0.15) is 0 Å². The number of benzene rings is 2. The molecular formula is C22H21NO3. The summed E-state index contributed by atoms with van der Waals surface area (Å²) < 4.78 is 5.13. The summed E-state index contributed by atoms with van der Waals surface area (Å²) in [5, 5.41) is 0. The lowest BCUT2D eigenvalue weighted by molar-refractivity contribution is -0.113. The van der Waals surface area contributed by atoms with Crippen molar-refractivity contribution in [1.82, 2.24) is 4.90 Å². The molecule has 1 fully saturated rings. The van der Waals surface area contributed by atoms with Crippen molar-refractivity contribution in [3.05, 3.63) is 82.9 Å². The van der Waals surface area contributed by atoms with Gasteiger partial charge >= 0.3 is 6.09 Å². The first kappa shape index (κ1) is 17.7. The van der Waals surface area contributed by atoms with E-state index in [4.69, 9.17) is 4.74 Å². The monoisotopic (exact) mass is 347 g/mol. The van der Waals surface area contributed by atoms with Crippen molar-refractivity contribution in [2.75, 3.05) is 19.7 Å². The highest BCUT2D eigenvalue weighted by Gasteiger charge is 2.29. The Bertz CT molecular complexity index is 777. The van der Waals surface area contributed by atoms with E-state index in [1.807, 2.05) is 72.8 Å². The van der Waals surface area contributed by atoms with Gasteiger partial charge in [0.25, 0.3) is 0 Å². The van der Waals surface area contributed by atoms with E-state index in [2.05, 4.69) is 0 Å². The van der Waals surface area contributed by atoms with E-state index in [1.165, 1.54) is 0 Å². The van der Waals surface area contributed by atoms with Crippen molar-refractivity contribution >= 4 is 24.0 Å². The topological polar surface area (TPSA) is 46.6 Å². The van der Waals surface area contributed by atoms with E-state index in [-0.39, 0.29) is 18.9 Å². The lowest BCUT2D eigenvalue weighted by Gasteiger charge is -2.29. The molecule has 1 amide bonds. The molecular weight excluding hydrogens is 326 g/mol. The summed E-state index contributed by atoms with van der Waals surface area (Å²) in [6.45, 7) is 2.57. The molecule has 4 nitrogen and oxygen atoms in total. The molecule has 0 N–H and O–H groups in total. The molecule has 1 heterocycles. The van der Waals surface area contributed by atoms with Gasteiger partial charge in [-0.05, 0) is 30.2 Å². The van der Waals surface area contributed by atoms with Crippen LogP contribution in [0.3, 0.4) is 0 Å². The van der Waals surface area contributed by atoms with Gasteiger partial charge in [-0.15, -0.1) is 0 Å². The molecule has 0 aliphatic carbocycles. The molecule has 0 aromatic heterocycles. The number of carbonyl (C=O) groups excluding carboxylic acids is 2. The van der Waals surface area contributed by atoms with Crippen LogP contribution in [-0.4, -0.2) is 36.5 Å². The Balaban J connectivity index is 1.96. The third-order valence-corrected chi connectivity index (χ3v) is 4.11. The van der Waals surface area contributed by atoms with E-state index in [0.717, 1.165) is 11.1 Å². The molecule has 2 aromatic rings. The number of hydrogen-bond donors (Lipinski definition) is 0. The standard InChI is InChI=1S/C22H21NO3/c1-2-26-22(25)23-15-19(13-17-9-5-3-6-10-17)21(24)20(16-23)14-18-11-7-4-8-12-18/h3-14H,2,15-16H2,1H3/b19-13+,20-14+. The van der Waals surface area contributed by atoms with Crippen molar-refractivity contribution < 1.29 is 14.3 Å². The van der Waals surface area contributed by atoms with Crippen molar-refractivity contribution in [2.45, 2.75) is 6.92 Å². The van der Waals surface area contributed by atoms with E-state index in [0.29, 0.717) is 17.8 Å². The highest BCUT2D eigenvalue weighted by Crippen LogP contribution is 2.22. The van der Waals surface area contributed by atoms with Crippen molar-refractivity contribution in [3.63, 3.8) is 0 Å². The van der Waals surface area contributed by atoms with Crippen LogP contribution in [0.25, 0.3) is 12.2 Å². The molecule has 2 aromatic carbocycles. The number of Topliss-reactive ketones (excluding diaryl/α,β-unsaturated/α-hetero) is 1. The Morgan fingerprint density at radius 1 is 0.923 bits per heavy atom. The molecule has 132 valence electrons. The maximum Gasteiger partial charge on any atom is 0.410 e. The number of amides is 1. The fourth-order valence-electron chi connectivity index (χ4n) is 2.88. The quantitative estimate of drug-likeness (QED) is 0.782. The fourth-order valence-corrected chi connectivity index (χ4v) is 2.88. The van der Waals surface area contributed by atoms with Crippen LogP contribution >= 0.6 is 0 Å². The summed E-state index contributed by atoms with van der Waals surface area (Å²) in [4.78, 5) is 26.7. The maximum atomic E-state index is 12.9. The number of rotatable bonds is 3. The van der Waals surface area contributed by atoms with Gasteiger partial charge in [0.05, 0.1) is 19.7 Å². The minimum Gasteiger partial charge on any atom is -0.450 e. The van der Waals surface area contributed by atoms with Crippen molar-refractivity contribution in [2.24, 2.45) is 0 Å². The lowest BCUT2D eigenvalue weighted by Crippen LogP contribution is -2.41. The number of hydrogen-bond acceptors (Lipinski definition) is 3. The zero-order valence-electron chi connectivity index (χ0n) is 14.7. The van der Waals surface area contributed by atoms with Crippen LogP contribution in [-0.2, 0) is 9.53 Å². The van der Waals surface area contributed by atoms with Crippen LogP contribution < -0.4 is 0 Å². The Labute approximate surface area is 153 Å².